The highest BCUT2D eigenvalue weighted by atomic mass is 16.2. The molecule has 14 heavy (non-hydrogen) atoms. The fourth-order valence-corrected chi connectivity index (χ4v) is 1.31. The van der Waals surface area contributed by atoms with Crippen LogP contribution < -0.4 is 10.6 Å². The molecular formula is C8H14N4O2. The number of urea groups is 1. The molecule has 0 saturated carbocycles. The molecule has 0 bridgehead atoms. The first-order valence-electron chi connectivity index (χ1n) is 4.45. The smallest absolute Gasteiger partial charge is 0.323 e. The van der Waals surface area contributed by atoms with Crippen LogP contribution in [0.2, 0.25) is 0 Å². The lowest BCUT2D eigenvalue weighted by Crippen LogP contribution is -2.37. The van der Waals surface area contributed by atoms with E-state index in [0.29, 0.717) is 6.54 Å². The van der Waals surface area contributed by atoms with E-state index in [1.54, 1.807) is 7.05 Å². The standard InChI is InChI=1S/C8H14N4O2/c1-3-10-6(13)4-5-7(9)11-8(14)12(5)2/h5H,3-4H2,1-2H3,(H,10,13)(H2,9,11,14). The summed E-state index contributed by atoms with van der Waals surface area (Å²) in [6.07, 6.45) is 0.141. The van der Waals surface area contributed by atoms with Crippen LogP contribution in [0.1, 0.15) is 13.3 Å². The Morgan fingerprint density at radius 3 is 2.79 bits per heavy atom. The minimum absolute atomic E-state index is 0.0868. The number of hydrogen-bond donors (Lipinski definition) is 3. The van der Waals surface area contributed by atoms with E-state index in [0.717, 1.165) is 0 Å². The highest BCUT2D eigenvalue weighted by molar-refractivity contribution is 6.06. The molecule has 3 N–H and O–H groups in total. The average molecular weight is 198 g/mol. The Hall–Kier alpha value is -1.59. The van der Waals surface area contributed by atoms with Gasteiger partial charge in [-0.05, 0) is 6.92 Å². The number of carbonyl (C=O) groups is 2. The van der Waals surface area contributed by atoms with Gasteiger partial charge in [-0.3, -0.25) is 15.5 Å². The van der Waals surface area contributed by atoms with Gasteiger partial charge in [-0.25, -0.2) is 4.79 Å². The van der Waals surface area contributed by atoms with Crippen molar-refractivity contribution in [2.24, 2.45) is 0 Å². The molecule has 1 aliphatic rings. The summed E-state index contributed by atoms with van der Waals surface area (Å²) in [4.78, 5) is 23.7. The summed E-state index contributed by atoms with van der Waals surface area (Å²) in [5.41, 5.74) is 0. The van der Waals surface area contributed by atoms with Gasteiger partial charge in [-0.2, -0.15) is 0 Å². The molecule has 1 fully saturated rings. The van der Waals surface area contributed by atoms with E-state index in [2.05, 4.69) is 10.6 Å². The van der Waals surface area contributed by atoms with Crippen molar-refractivity contribution in [1.82, 2.24) is 15.5 Å². The Bertz CT molecular complexity index is 277. The first kappa shape index (κ1) is 10.5. The summed E-state index contributed by atoms with van der Waals surface area (Å²) in [5, 5.41) is 12.4. The number of rotatable bonds is 3. The lowest BCUT2D eigenvalue weighted by molar-refractivity contribution is -0.121. The summed E-state index contributed by atoms with van der Waals surface area (Å²) in [7, 11) is 1.57. The van der Waals surface area contributed by atoms with Crippen LogP contribution in [-0.2, 0) is 4.79 Å². The van der Waals surface area contributed by atoms with Crippen molar-refractivity contribution in [2.75, 3.05) is 13.6 Å². The largest absolute Gasteiger partial charge is 0.356 e. The van der Waals surface area contributed by atoms with Crippen LogP contribution in [0, 0.1) is 5.41 Å². The Morgan fingerprint density at radius 1 is 1.71 bits per heavy atom. The van der Waals surface area contributed by atoms with Crippen LogP contribution in [0.15, 0.2) is 0 Å². The van der Waals surface area contributed by atoms with Crippen molar-refractivity contribution < 1.29 is 9.59 Å². The zero-order valence-corrected chi connectivity index (χ0v) is 8.26. The second-order valence-electron chi connectivity index (χ2n) is 3.13. The third kappa shape index (κ3) is 2.01. The maximum atomic E-state index is 11.2. The number of carbonyl (C=O) groups excluding carboxylic acids is 2. The maximum Gasteiger partial charge on any atom is 0.323 e. The zero-order chi connectivity index (χ0) is 10.7. The van der Waals surface area contributed by atoms with Gasteiger partial charge >= 0.3 is 6.03 Å². The second-order valence-corrected chi connectivity index (χ2v) is 3.13. The number of nitrogens with zero attached hydrogens (tertiary/aromatic N) is 1. The highest BCUT2D eigenvalue weighted by Gasteiger charge is 2.33. The number of hydrogen-bond acceptors (Lipinski definition) is 3. The fraction of sp³-hybridized carbons (Fsp3) is 0.625. The van der Waals surface area contributed by atoms with E-state index in [9.17, 15) is 9.59 Å². The van der Waals surface area contributed by atoms with Crippen LogP contribution in [0.5, 0.6) is 0 Å². The molecule has 1 heterocycles. The predicted octanol–water partition coefficient (Wildman–Crippen LogP) is -0.487. The van der Waals surface area contributed by atoms with Crippen LogP contribution >= 0.6 is 0 Å². The van der Waals surface area contributed by atoms with Crippen LogP contribution in [0.25, 0.3) is 0 Å². The normalized spacial score (nSPS) is 21.0. The van der Waals surface area contributed by atoms with Gasteiger partial charge in [0.05, 0.1) is 12.5 Å². The van der Waals surface area contributed by atoms with Crippen LogP contribution in [0.4, 0.5) is 4.79 Å². The van der Waals surface area contributed by atoms with Crippen LogP contribution in [-0.4, -0.2) is 42.3 Å². The molecule has 0 aromatic carbocycles. The molecule has 1 aliphatic heterocycles. The number of amidine groups is 1. The van der Waals surface area contributed by atoms with Gasteiger partial charge in [-0.15, -0.1) is 0 Å². The van der Waals surface area contributed by atoms with E-state index < -0.39 is 6.04 Å². The third-order valence-corrected chi connectivity index (χ3v) is 2.12. The zero-order valence-electron chi connectivity index (χ0n) is 8.26. The molecule has 0 aliphatic carbocycles. The van der Waals surface area contributed by atoms with Crippen molar-refractivity contribution >= 4 is 17.8 Å². The van der Waals surface area contributed by atoms with Gasteiger partial charge in [0.2, 0.25) is 5.91 Å². The average Bonchev–Trinajstić information content (AvgIpc) is 2.33. The molecule has 78 valence electrons. The first-order chi connectivity index (χ1) is 6.56. The Balaban J connectivity index is 2.56. The molecule has 6 heteroatoms. The quantitative estimate of drug-likeness (QED) is 0.571. The van der Waals surface area contributed by atoms with Gasteiger partial charge in [0.15, 0.2) is 0 Å². The van der Waals surface area contributed by atoms with E-state index in [4.69, 9.17) is 5.41 Å². The van der Waals surface area contributed by atoms with E-state index in [-0.39, 0.29) is 24.2 Å². The minimum atomic E-state index is -0.450. The molecule has 1 atom stereocenters. The molecule has 1 unspecified atom stereocenters. The van der Waals surface area contributed by atoms with Crippen LogP contribution in [0.3, 0.4) is 0 Å². The van der Waals surface area contributed by atoms with E-state index >= 15 is 0 Å². The molecular weight excluding hydrogens is 184 g/mol. The summed E-state index contributed by atoms with van der Waals surface area (Å²) in [5.74, 6) is -0.0608. The van der Waals surface area contributed by atoms with Crippen molar-refractivity contribution in [3.8, 4) is 0 Å². The predicted molar refractivity (Wildman–Crippen MR) is 51.1 cm³/mol. The minimum Gasteiger partial charge on any atom is -0.356 e. The van der Waals surface area contributed by atoms with Gasteiger partial charge in [0, 0.05) is 13.6 Å². The summed E-state index contributed by atoms with van der Waals surface area (Å²) in [6, 6.07) is -0.779. The molecule has 3 amide bonds. The summed E-state index contributed by atoms with van der Waals surface area (Å²) in [6.45, 7) is 2.38. The fourth-order valence-electron chi connectivity index (χ4n) is 1.31. The lowest BCUT2D eigenvalue weighted by Gasteiger charge is -2.16. The molecule has 1 rings (SSSR count). The monoisotopic (exact) mass is 198 g/mol. The van der Waals surface area contributed by atoms with Gasteiger partial charge in [-0.1, -0.05) is 0 Å². The molecule has 0 aromatic heterocycles. The Morgan fingerprint density at radius 2 is 2.36 bits per heavy atom. The van der Waals surface area contributed by atoms with Crippen molar-refractivity contribution in [3.05, 3.63) is 0 Å². The van der Waals surface area contributed by atoms with Gasteiger partial charge in [0.1, 0.15) is 5.84 Å². The molecule has 0 aromatic rings. The lowest BCUT2D eigenvalue weighted by atomic mass is 10.2. The number of likely N-dealkylation sites (N-methyl/N-ethyl adjacent to an activating group) is 1. The maximum absolute atomic E-state index is 11.2. The third-order valence-electron chi connectivity index (χ3n) is 2.12. The van der Waals surface area contributed by atoms with Gasteiger partial charge < -0.3 is 10.2 Å². The van der Waals surface area contributed by atoms with Crippen molar-refractivity contribution in [3.63, 3.8) is 0 Å². The van der Waals surface area contributed by atoms with E-state index in [1.807, 2.05) is 6.92 Å². The van der Waals surface area contributed by atoms with Crippen molar-refractivity contribution in [2.45, 2.75) is 19.4 Å². The SMILES string of the molecule is CCNC(=O)CC1C(=N)NC(=O)N1C. The second kappa shape index (κ2) is 4.08. The number of nitrogens with one attached hydrogen (secondary N) is 3. The van der Waals surface area contributed by atoms with Gasteiger partial charge in [0.25, 0.3) is 0 Å². The molecule has 0 spiro atoms. The topological polar surface area (TPSA) is 85.3 Å². The Labute approximate surface area is 82.2 Å². The summed E-state index contributed by atoms with van der Waals surface area (Å²) < 4.78 is 0. The molecule has 6 nitrogen and oxygen atoms in total. The Kier molecular flexibility index (Phi) is 3.06. The van der Waals surface area contributed by atoms with E-state index in [1.165, 1.54) is 4.90 Å². The highest BCUT2D eigenvalue weighted by Crippen LogP contribution is 2.09. The van der Waals surface area contributed by atoms with Crippen molar-refractivity contribution in [1.29, 1.82) is 5.41 Å². The first-order valence-corrected chi connectivity index (χ1v) is 4.45. The molecule has 0 radical (unpaired) electrons. The number of amides is 3. The summed E-state index contributed by atoms with van der Waals surface area (Å²) >= 11 is 0. The molecule has 1 saturated heterocycles.